The van der Waals surface area contributed by atoms with Crippen LogP contribution in [0.3, 0.4) is 0 Å². The maximum atomic E-state index is 10.9. The fourth-order valence-corrected chi connectivity index (χ4v) is 3.30. The van der Waals surface area contributed by atoms with E-state index in [1.807, 2.05) is 18.2 Å². The molecule has 2 nitrogen and oxygen atoms in total. The summed E-state index contributed by atoms with van der Waals surface area (Å²) in [5.41, 5.74) is 0.547. The van der Waals surface area contributed by atoms with Gasteiger partial charge in [-0.15, -0.1) is 0 Å². The van der Waals surface area contributed by atoms with Gasteiger partial charge in [0.2, 0.25) is 0 Å². The SMILES string of the molecule is OC1(c2ccccc2)[C@@H]2CC[C@H]1CNC2. The van der Waals surface area contributed by atoms with E-state index < -0.39 is 5.60 Å². The Bertz CT molecular complexity index is 333. The van der Waals surface area contributed by atoms with E-state index in [0.717, 1.165) is 31.5 Å². The van der Waals surface area contributed by atoms with Gasteiger partial charge < -0.3 is 10.4 Å². The molecule has 2 N–H and O–H groups in total. The summed E-state index contributed by atoms with van der Waals surface area (Å²) in [6.07, 6.45) is 2.31. The number of benzene rings is 1. The third kappa shape index (κ3) is 1.25. The molecule has 80 valence electrons. The number of hydrogen-bond donors (Lipinski definition) is 2. The smallest absolute Gasteiger partial charge is 0.0976 e. The third-order valence-electron chi connectivity index (χ3n) is 4.13. The van der Waals surface area contributed by atoms with E-state index in [4.69, 9.17) is 0 Å². The highest BCUT2D eigenvalue weighted by molar-refractivity contribution is 5.27. The average molecular weight is 203 g/mol. The van der Waals surface area contributed by atoms with Crippen molar-refractivity contribution < 1.29 is 5.11 Å². The third-order valence-corrected chi connectivity index (χ3v) is 4.13. The van der Waals surface area contributed by atoms with Gasteiger partial charge in [0, 0.05) is 24.9 Å². The minimum absolute atomic E-state index is 0.402. The molecule has 3 rings (SSSR count). The van der Waals surface area contributed by atoms with Crippen LogP contribution < -0.4 is 5.32 Å². The maximum absolute atomic E-state index is 10.9. The highest BCUT2D eigenvalue weighted by atomic mass is 16.3. The van der Waals surface area contributed by atoms with E-state index in [2.05, 4.69) is 17.4 Å². The Morgan fingerprint density at radius 2 is 1.67 bits per heavy atom. The highest BCUT2D eigenvalue weighted by Crippen LogP contribution is 2.49. The van der Waals surface area contributed by atoms with Crippen molar-refractivity contribution in [3.05, 3.63) is 35.9 Å². The van der Waals surface area contributed by atoms with Crippen molar-refractivity contribution in [3.8, 4) is 0 Å². The van der Waals surface area contributed by atoms with E-state index in [9.17, 15) is 5.11 Å². The largest absolute Gasteiger partial charge is 0.384 e. The van der Waals surface area contributed by atoms with Crippen LogP contribution in [0.2, 0.25) is 0 Å². The van der Waals surface area contributed by atoms with Gasteiger partial charge in [0.25, 0.3) is 0 Å². The Morgan fingerprint density at radius 3 is 2.27 bits per heavy atom. The van der Waals surface area contributed by atoms with Crippen molar-refractivity contribution in [1.29, 1.82) is 0 Å². The lowest BCUT2D eigenvalue weighted by Crippen LogP contribution is -2.49. The number of nitrogens with one attached hydrogen (secondary N) is 1. The first-order valence-corrected chi connectivity index (χ1v) is 5.80. The molecule has 0 spiro atoms. The summed E-state index contributed by atoms with van der Waals surface area (Å²) in [6, 6.07) is 10.2. The molecule has 1 aliphatic carbocycles. The van der Waals surface area contributed by atoms with E-state index in [0.29, 0.717) is 11.8 Å². The predicted octanol–water partition coefficient (Wildman–Crippen LogP) is 1.50. The lowest BCUT2D eigenvalue weighted by molar-refractivity contribution is -0.0576. The van der Waals surface area contributed by atoms with Gasteiger partial charge in [-0.05, 0) is 18.4 Å². The maximum Gasteiger partial charge on any atom is 0.0976 e. The van der Waals surface area contributed by atoms with Gasteiger partial charge in [-0.25, -0.2) is 0 Å². The zero-order chi connectivity index (χ0) is 10.3. The summed E-state index contributed by atoms with van der Waals surface area (Å²) in [4.78, 5) is 0. The van der Waals surface area contributed by atoms with Crippen molar-refractivity contribution in [3.63, 3.8) is 0 Å². The molecule has 1 saturated carbocycles. The Kier molecular flexibility index (Phi) is 2.08. The van der Waals surface area contributed by atoms with Gasteiger partial charge in [0.1, 0.15) is 0 Å². The molecule has 3 atom stereocenters. The Labute approximate surface area is 90.3 Å². The summed E-state index contributed by atoms with van der Waals surface area (Å²) >= 11 is 0. The van der Waals surface area contributed by atoms with Gasteiger partial charge >= 0.3 is 0 Å². The highest BCUT2D eigenvalue weighted by Gasteiger charge is 2.51. The number of piperidine rings is 1. The van der Waals surface area contributed by atoms with Crippen LogP contribution in [-0.4, -0.2) is 18.2 Å². The molecule has 1 unspecified atom stereocenters. The van der Waals surface area contributed by atoms with Crippen molar-refractivity contribution in [1.82, 2.24) is 5.32 Å². The second-order valence-electron chi connectivity index (χ2n) is 4.82. The minimum Gasteiger partial charge on any atom is -0.384 e. The molecule has 2 bridgehead atoms. The predicted molar refractivity (Wildman–Crippen MR) is 59.4 cm³/mol. The fraction of sp³-hybridized carbons (Fsp3) is 0.538. The Hall–Kier alpha value is -0.860. The van der Waals surface area contributed by atoms with Crippen LogP contribution >= 0.6 is 0 Å². The van der Waals surface area contributed by atoms with Crippen molar-refractivity contribution in [2.45, 2.75) is 18.4 Å². The van der Waals surface area contributed by atoms with Crippen LogP contribution in [-0.2, 0) is 5.60 Å². The summed E-state index contributed by atoms with van der Waals surface area (Å²) in [6.45, 7) is 1.92. The van der Waals surface area contributed by atoms with E-state index in [1.54, 1.807) is 0 Å². The van der Waals surface area contributed by atoms with Gasteiger partial charge in [-0.1, -0.05) is 30.3 Å². The zero-order valence-corrected chi connectivity index (χ0v) is 8.82. The molecule has 2 fully saturated rings. The molecule has 1 heterocycles. The van der Waals surface area contributed by atoms with Gasteiger partial charge in [-0.3, -0.25) is 0 Å². The molecule has 0 radical (unpaired) electrons. The monoisotopic (exact) mass is 203 g/mol. The van der Waals surface area contributed by atoms with Crippen LogP contribution in [0.5, 0.6) is 0 Å². The van der Waals surface area contributed by atoms with Gasteiger partial charge in [0.05, 0.1) is 5.60 Å². The van der Waals surface area contributed by atoms with Crippen molar-refractivity contribution in [2.24, 2.45) is 11.8 Å². The quantitative estimate of drug-likeness (QED) is 0.725. The molecule has 1 aliphatic heterocycles. The molecule has 2 aliphatic rings. The van der Waals surface area contributed by atoms with E-state index in [1.165, 1.54) is 0 Å². The van der Waals surface area contributed by atoms with Crippen LogP contribution in [0.25, 0.3) is 0 Å². The van der Waals surface area contributed by atoms with Crippen LogP contribution in [0.15, 0.2) is 30.3 Å². The first-order chi connectivity index (χ1) is 7.32. The van der Waals surface area contributed by atoms with E-state index >= 15 is 0 Å². The Balaban J connectivity index is 2.03. The summed E-state index contributed by atoms with van der Waals surface area (Å²) in [5.74, 6) is 0.803. The minimum atomic E-state index is -0.563. The molecular formula is C13H17NO. The lowest BCUT2D eigenvalue weighted by atomic mass is 9.76. The second kappa shape index (κ2) is 3.32. The van der Waals surface area contributed by atoms with Gasteiger partial charge in [-0.2, -0.15) is 0 Å². The molecule has 1 saturated heterocycles. The fourth-order valence-electron chi connectivity index (χ4n) is 3.30. The van der Waals surface area contributed by atoms with E-state index in [-0.39, 0.29) is 0 Å². The standard InChI is InChI=1S/C13H17NO/c15-13(10-4-2-1-3-5-10)11-6-7-12(13)9-14-8-11/h1-5,11-12,14-15H,6-9H2/t11-,12+,13?. The normalized spacial score (nSPS) is 39.3. The van der Waals surface area contributed by atoms with Crippen LogP contribution in [0.4, 0.5) is 0 Å². The first-order valence-electron chi connectivity index (χ1n) is 5.80. The van der Waals surface area contributed by atoms with Crippen LogP contribution in [0, 0.1) is 11.8 Å². The number of rotatable bonds is 1. The lowest BCUT2D eigenvalue weighted by Gasteiger charge is -2.40. The van der Waals surface area contributed by atoms with Crippen molar-refractivity contribution >= 4 is 0 Å². The summed E-state index contributed by atoms with van der Waals surface area (Å²) < 4.78 is 0. The molecular weight excluding hydrogens is 186 g/mol. The topological polar surface area (TPSA) is 32.3 Å². The van der Waals surface area contributed by atoms with Gasteiger partial charge in [0.15, 0.2) is 0 Å². The Morgan fingerprint density at radius 1 is 1.07 bits per heavy atom. The van der Waals surface area contributed by atoms with Crippen LogP contribution in [0.1, 0.15) is 18.4 Å². The summed E-state index contributed by atoms with van der Waals surface area (Å²) in [7, 11) is 0. The zero-order valence-electron chi connectivity index (χ0n) is 8.82. The molecule has 2 heteroatoms. The van der Waals surface area contributed by atoms with Crippen molar-refractivity contribution in [2.75, 3.05) is 13.1 Å². The number of hydrogen-bond acceptors (Lipinski definition) is 2. The second-order valence-corrected chi connectivity index (χ2v) is 4.82. The number of fused-ring (bicyclic) bond motifs is 2. The molecule has 0 aromatic heterocycles. The first kappa shape index (κ1) is 9.37. The molecule has 15 heavy (non-hydrogen) atoms. The summed E-state index contributed by atoms with van der Waals surface area (Å²) in [5, 5.41) is 14.3. The molecule has 0 amide bonds. The average Bonchev–Trinajstić information content (AvgIpc) is 2.51. The number of aliphatic hydroxyl groups is 1. The molecule has 1 aromatic carbocycles. The molecule has 1 aromatic rings.